The Morgan fingerprint density at radius 3 is 1.96 bits per heavy atom. The standard InChI is InChI=1S/C16H31N5O4/c1-9(2)12(21-13(22)10(3)4)15(24)20-11(14(23)18-5)7-6-8-19-16(17)25/h9-12H,6-8H2,1-5H3,(H,18,23)(H,20,24)(H,21,22)(H3,17,19,25). The summed E-state index contributed by atoms with van der Waals surface area (Å²) in [5, 5.41) is 10.3. The molecular formula is C16H31N5O4. The molecule has 5 amide bonds. The molecule has 0 radical (unpaired) electrons. The van der Waals surface area contributed by atoms with Crippen molar-refractivity contribution in [2.75, 3.05) is 13.6 Å². The third-order valence-electron chi connectivity index (χ3n) is 3.62. The number of nitrogens with two attached hydrogens (primary N) is 1. The minimum absolute atomic E-state index is 0.135. The van der Waals surface area contributed by atoms with Gasteiger partial charge in [0.1, 0.15) is 12.1 Å². The Kier molecular flexibility index (Phi) is 10.2. The van der Waals surface area contributed by atoms with Crippen molar-refractivity contribution in [3.63, 3.8) is 0 Å². The second-order valence-corrected chi connectivity index (χ2v) is 6.49. The summed E-state index contributed by atoms with van der Waals surface area (Å²) in [5.74, 6) is -1.37. The van der Waals surface area contributed by atoms with Gasteiger partial charge in [-0.15, -0.1) is 0 Å². The fourth-order valence-corrected chi connectivity index (χ4v) is 2.08. The van der Waals surface area contributed by atoms with Gasteiger partial charge in [0.05, 0.1) is 0 Å². The number of amides is 5. The predicted octanol–water partition coefficient (Wildman–Crippen LogP) is -0.537. The second-order valence-electron chi connectivity index (χ2n) is 6.49. The normalized spacial score (nSPS) is 13.1. The number of carbonyl (C=O) groups is 4. The Morgan fingerprint density at radius 2 is 1.52 bits per heavy atom. The largest absolute Gasteiger partial charge is 0.357 e. The number of primary amides is 1. The van der Waals surface area contributed by atoms with Gasteiger partial charge in [-0.2, -0.15) is 0 Å². The molecule has 0 aliphatic rings. The van der Waals surface area contributed by atoms with Crippen molar-refractivity contribution in [3.8, 4) is 0 Å². The highest BCUT2D eigenvalue weighted by Gasteiger charge is 2.28. The first kappa shape index (κ1) is 22.7. The maximum absolute atomic E-state index is 12.5. The molecule has 0 aliphatic carbocycles. The number of likely N-dealkylation sites (N-methyl/N-ethyl adjacent to an activating group) is 1. The van der Waals surface area contributed by atoms with Gasteiger partial charge in [-0.3, -0.25) is 14.4 Å². The van der Waals surface area contributed by atoms with Crippen LogP contribution in [-0.4, -0.2) is 49.4 Å². The zero-order chi connectivity index (χ0) is 19.6. The van der Waals surface area contributed by atoms with E-state index in [0.29, 0.717) is 19.4 Å². The van der Waals surface area contributed by atoms with Crippen molar-refractivity contribution < 1.29 is 19.2 Å². The Morgan fingerprint density at radius 1 is 0.920 bits per heavy atom. The molecule has 9 nitrogen and oxygen atoms in total. The minimum Gasteiger partial charge on any atom is -0.357 e. The number of nitrogens with one attached hydrogen (secondary N) is 4. The summed E-state index contributed by atoms with van der Waals surface area (Å²) in [4.78, 5) is 47.0. The molecule has 0 saturated heterocycles. The SMILES string of the molecule is CNC(=O)C(CCCNC(N)=O)NC(=O)C(NC(=O)C(C)C)C(C)C. The molecule has 25 heavy (non-hydrogen) atoms. The Balaban J connectivity index is 4.86. The lowest BCUT2D eigenvalue weighted by molar-refractivity contribution is -0.133. The monoisotopic (exact) mass is 357 g/mol. The molecule has 0 aromatic carbocycles. The van der Waals surface area contributed by atoms with E-state index in [9.17, 15) is 19.2 Å². The lowest BCUT2D eigenvalue weighted by Gasteiger charge is -2.25. The van der Waals surface area contributed by atoms with Crippen molar-refractivity contribution in [2.24, 2.45) is 17.6 Å². The number of rotatable bonds is 10. The van der Waals surface area contributed by atoms with Gasteiger partial charge in [0.25, 0.3) is 0 Å². The summed E-state index contributed by atoms with van der Waals surface area (Å²) in [7, 11) is 1.48. The first-order chi connectivity index (χ1) is 11.6. The van der Waals surface area contributed by atoms with Crippen LogP contribution >= 0.6 is 0 Å². The molecule has 0 spiro atoms. The maximum atomic E-state index is 12.5. The van der Waals surface area contributed by atoms with E-state index in [1.54, 1.807) is 13.8 Å². The molecule has 144 valence electrons. The van der Waals surface area contributed by atoms with Gasteiger partial charge in [-0.05, 0) is 18.8 Å². The van der Waals surface area contributed by atoms with Gasteiger partial charge in [-0.1, -0.05) is 27.7 Å². The van der Waals surface area contributed by atoms with Gasteiger partial charge in [0, 0.05) is 19.5 Å². The fourth-order valence-electron chi connectivity index (χ4n) is 2.08. The molecule has 0 saturated carbocycles. The minimum atomic E-state index is -0.760. The quantitative estimate of drug-likeness (QED) is 0.335. The van der Waals surface area contributed by atoms with E-state index in [4.69, 9.17) is 5.73 Å². The van der Waals surface area contributed by atoms with E-state index in [0.717, 1.165) is 0 Å². The van der Waals surface area contributed by atoms with Crippen LogP contribution in [0.5, 0.6) is 0 Å². The highest BCUT2D eigenvalue weighted by atomic mass is 16.2. The summed E-state index contributed by atoms with van der Waals surface area (Å²) in [6.07, 6.45) is 0.792. The highest BCUT2D eigenvalue weighted by molar-refractivity contribution is 5.92. The van der Waals surface area contributed by atoms with Crippen molar-refractivity contribution >= 4 is 23.8 Å². The molecule has 0 rings (SSSR count). The van der Waals surface area contributed by atoms with E-state index in [2.05, 4.69) is 21.3 Å². The van der Waals surface area contributed by atoms with Crippen LogP contribution in [0.25, 0.3) is 0 Å². The molecule has 0 aliphatic heterocycles. The van der Waals surface area contributed by atoms with Gasteiger partial charge in [0.2, 0.25) is 17.7 Å². The average molecular weight is 357 g/mol. The molecule has 0 bridgehead atoms. The molecule has 9 heteroatoms. The van der Waals surface area contributed by atoms with Crippen LogP contribution in [0.3, 0.4) is 0 Å². The Bertz CT molecular complexity index is 479. The molecule has 0 fully saturated rings. The average Bonchev–Trinajstić information content (AvgIpc) is 2.53. The number of urea groups is 1. The molecule has 0 aromatic rings. The van der Waals surface area contributed by atoms with Crippen LogP contribution in [0.4, 0.5) is 4.79 Å². The molecule has 0 heterocycles. The van der Waals surface area contributed by atoms with Crippen LogP contribution in [-0.2, 0) is 14.4 Å². The molecule has 6 N–H and O–H groups in total. The first-order valence-electron chi connectivity index (χ1n) is 8.45. The van der Waals surface area contributed by atoms with Crippen molar-refractivity contribution in [1.82, 2.24) is 21.3 Å². The van der Waals surface area contributed by atoms with Crippen LogP contribution in [0.2, 0.25) is 0 Å². The first-order valence-corrected chi connectivity index (χ1v) is 8.45. The topological polar surface area (TPSA) is 142 Å². The number of hydrogen-bond donors (Lipinski definition) is 5. The van der Waals surface area contributed by atoms with Gasteiger partial charge >= 0.3 is 6.03 Å². The molecular weight excluding hydrogens is 326 g/mol. The van der Waals surface area contributed by atoms with Gasteiger partial charge in [0.15, 0.2) is 0 Å². The summed E-state index contributed by atoms with van der Waals surface area (Å²) < 4.78 is 0. The fraction of sp³-hybridized carbons (Fsp3) is 0.750. The van der Waals surface area contributed by atoms with Crippen molar-refractivity contribution in [1.29, 1.82) is 0 Å². The van der Waals surface area contributed by atoms with Crippen LogP contribution in [0.15, 0.2) is 0 Å². The summed E-state index contributed by atoms with van der Waals surface area (Å²) >= 11 is 0. The third kappa shape index (κ3) is 8.92. The lowest BCUT2D eigenvalue weighted by atomic mass is 10.0. The third-order valence-corrected chi connectivity index (χ3v) is 3.62. The number of carbonyl (C=O) groups excluding carboxylic acids is 4. The van der Waals surface area contributed by atoms with E-state index in [1.807, 2.05) is 13.8 Å². The van der Waals surface area contributed by atoms with Crippen LogP contribution < -0.4 is 27.0 Å². The smallest absolute Gasteiger partial charge is 0.312 e. The van der Waals surface area contributed by atoms with E-state index in [-0.39, 0.29) is 23.7 Å². The Labute approximate surface area is 148 Å². The maximum Gasteiger partial charge on any atom is 0.312 e. The zero-order valence-corrected chi connectivity index (χ0v) is 15.6. The van der Waals surface area contributed by atoms with E-state index >= 15 is 0 Å². The van der Waals surface area contributed by atoms with Crippen molar-refractivity contribution in [2.45, 2.75) is 52.6 Å². The molecule has 2 unspecified atom stereocenters. The van der Waals surface area contributed by atoms with E-state index in [1.165, 1.54) is 7.05 Å². The van der Waals surface area contributed by atoms with Crippen LogP contribution in [0.1, 0.15) is 40.5 Å². The predicted molar refractivity (Wildman–Crippen MR) is 94.4 cm³/mol. The molecule has 2 atom stereocenters. The second kappa shape index (κ2) is 11.3. The van der Waals surface area contributed by atoms with Crippen molar-refractivity contribution in [3.05, 3.63) is 0 Å². The summed E-state index contributed by atoms with van der Waals surface area (Å²) in [5.41, 5.74) is 4.98. The number of hydrogen-bond acceptors (Lipinski definition) is 4. The highest BCUT2D eigenvalue weighted by Crippen LogP contribution is 2.06. The lowest BCUT2D eigenvalue weighted by Crippen LogP contribution is -2.55. The summed E-state index contributed by atoms with van der Waals surface area (Å²) in [6, 6.07) is -2.13. The van der Waals surface area contributed by atoms with Crippen LogP contribution in [0, 0.1) is 11.8 Å². The van der Waals surface area contributed by atoms with Gasteiger partial charge in [-0.25, -0.2) is 4.79 Å². The Hall–Kier alpha value is -2.32. The summed E-state index contributed by atoms with van der Waals surface area (Å²) in [6.45, 7) is 7.41. The molecule has 0 aromatic heterocycles. The van der Waals surface area contributed by atoms with Gasteiger partial charge < -0.3 is 27.0 Å². The van der Waals surface area contributed by atoms with E-state index < -0.39 is 24.0 Å². The zero-order valence-electron chi connectivity index (χ0n) is 15.6.